The average Bonchev–Trinajstić information content (AvgIpc) is 2.73. The summed E-state index contributed by atoms with van der Waals surface area (Å²) in [6.45, 7) is 2.53. The third kappa shape index (κ3) is 2.45. The molecule has 0 aliphatic heterocycles. The number of fused-ring (bicyclic) bond motifs is 1. The summed E-state index contributed by atoms with van der Waals surface area (Å²) < 4.78 is 1.98. The van der Waals surface area contributed by atoms with Gasteiger partial charge in [0.25, 0.3) is 5.91 Å². The molecule has 0 radical (unpaired) electrons. The molecular weight excluding hydrogens is 214 g/mol. The second-order valence-corrected chi connectivity index (χ2v) is 3.80. The highest BCUT2D eigenvalue weighted by atomic mass is 16.1. The number of carbonyl (C=O) groups is 1. The minimum Gasteiger partial charge on any atom is -0.345 e. The van der Waals surface area contributed by atoms with Gasteiger partial charge in [-0.1, -0.05) is 6.07 Å². The zero-order chi connectivity index (χ0) is 12.3. The second kappa shape index (κ2) is 4.71. The summed E-state index contributed by atoms with van der Waals surface area (Å²) in [5, 5.41) is 2.62. The summed E-state index contributed by atoms with van der Waals surface area (Å²) in [6.07, 6.45) is 9.55. The van der Waals surface area contributed by atoms with Gasteiger partial charge in [0.1, 0.15) is 5.65 Å². The zero-order valence-electron chi connectivity index (χ0n) is 9.60. The Hall–Kier alpha value is -2.28. The fraction of sp³-hybridized carbons (Fsp3) is 0.231. The van der Waals surface area contributed by atoms with Crippen molar-refractivity contribution in [1.82, 2.24) is 14.7 Å². The zero-order valence-corrected chi connectivity index (χ0v) is 9.60. The van der Waals surface area contributed by atoms with Crippen LogP contribution >= 0.6 is 0 Å². The van der Waals surface area contributed by atoms with Gasteiger partial charge in [-0.15, -0.1) is 6.42 Å². The van der Waals surface area contributed by atoms with E-state index in [4.69, 9.17) is 6.42 Å². The van der Waals surface area contributed by atoms with E-state index in [0.717, 1.165) is 16.9 Å². The lowest BCUT2D eigenvalue weighted by molar-refractivity contribution is -0.115. The van der Waals surface area contributed by atoms with E-state index < -0.39 is 0 Å². The first-order valence-corrected chi connectivity index (χ1v) is 5.38. The van der Waals surface area contributed by atoms with Gasteiger partial charge in [-0.25, -0.2) is 4.98 Å². The van der Waals surface area contributed by atoms with Crippen LogP contribution in [0.25, 0.3) is 5.65 Å². The summed E-state index contributed by atoms with van der Waals surface area (Å²) in [5.41, 5.74) is 3.02. The number of hydrogen-bond acceptors (Lipinski definition) is 2. The molecule has 0 aromatic carbocycles. The average molecular weight is 227 g/mol. The predicted octanol–water partition coefficient (Wildman–Crippen LogP) is 0.935. The Labute approximate surface area is 99.7 Å². The SMILES string of the molecule is C#CC(=O)NCCc1cn2cccc(C)c2n1. The van der Waals surface area contributed by atoms with Crippen molar-refractivity contribution in [3.63, 3.8) is 0 Å². The highest BCUT2D eigenvalue weighted by Crippen LogP contribution is 2.09. The highest BCUT2D eigenvalue weighted by molar-refractivity contribution is 5.92. The number of nitrogens with zero attached hydrogens (tertiary/aromatic N) is 2. The van der Waals surface area contributed by atoms with Crippen molar-refractivity contribution in [1.29, 1.82) is 0 Å². The van der Waals surface area contributed by atoms with Gasteiger partial charge < -0.3 is 9.72 Å². The number of aromatic nitrogens is 2. The molecular formula is C13H13N3O. The Morgan fingerprint density at radius 3 is 3.18 bits per heavy atom. The van der Waals surface area contributed by atoms with Crippen molar-refractivity contribution in [2.75, 3.05) is 6.54 Å². The number of carbonyl (C=O) groups excluding carboxylic acids is 1. The molecule has 0 aliphatic carbocycles. The van der Waals surface area contributed by atoms with Crippen LogP contribution in [-0.2, 0) is 11.2 Å². The first-order valence-electron chi connectivity index (χ1n) is 5.38. The van der Waals surface area contributed by atoms with Crippen LogP contribution in [-0.4, -0.2) is 21.8 Å². The van der Waals surface area contributed by atoms with E-state index in [9.17, 15) is 4.79 Å². The van der Waals surface area contributed by atoms with Crippen LogP contribution in [0, 0.1) is 19.3 Å². The topological polar surface area (TPSA) is 46.4 Å². The van der Waals surface area contributed by atoms with Crippen molar-refractivity contribution in [3.05, 3.63) is 35.8 Å². The van der Waals surface area contributed by atoms with Crippen LogP contribution in [0.1, 0.15) is 11.3 Å². The van der Waals surface area contributed by atoms with E-state index in [2.05, 4.69) is 10.3 Å². The van der Waals surface area contributed by atoms with E-state index in [1.807, 2.05) is 41.8 Å². The number of rotatable bonds is 3. The Bertz CT molecular complexity index is 592. The molecule has 0 fully saturated rings. The maximum absolute atomic E-state index is 10.9. The summed E-state index contributed by atoms with van der Waals surface area (Å²) in [5.74, 6) is 1.63. The number of aryl methyl sites for hydroxylation is 1. The number of amides is 1. The Balaban J connectivity index is 2.08. The summed E-state index contributed by atoms with van der Waals surface area (Å²) in [6, 6.07) is 4.00. The van der Waals surface area contributed by atoms with E-state index >= 15 is 0 Å². The van der Waals surface area contributed by atoms with Gasteiger partial charge in [0.2, 0.25) is 0 Å². The van der Waals surface area contributed by atoms with Gasteiger partial charge in [-0.2, -0.15) is 0 Å². The maximum atomic E-state index is 10.9. The molecule has 2 heterocycles. The van der Waals surface area contributed by atoms with Crippen LogP contribution in [0.5, 0.6) is 0 Å². The molecule has 4 nitrogen and oxygen atoms in total. The van der Waals surface area contributed by atoms with Crippen molar-refractivity contribution in [3.8, 4) is 12.3 Å². The quantitative estimate of drug-likeness (QED) is 0.793. The molecule has 0 aliphatic rings. The van der Waals surface area contributed by atoms with E-state index in [0.29, 0.717) is 13.0 Å². The van der Waals surface area contributed by atoms with Gasteiger partial charge in [-0.05, 0) is 24.5 Å². The lowest BCUT2D eigenvalue weighted by Gasteiger charge is -1.97. The Morgan fingerprint density at radius 2 is 2.47 bits per heavy atom. The minimum atomic E-state index is -0.384. The Morgan fingerprint density at radius 1 is 1.65 bits per heavy atom. The number of imidazole rings is 1. The second-order valence-electron chi connectivity index (χ2n) is 3.80. The van der Waals surface area contributed by atoms with Gasteiger partial charge in [0.15, 0.2) is 0 Å². The van der Waals surface area contributed by atoms with Crippen molar-refractivity contribution in [2.45, 2.75) is 13.3 Å². The van der Waals surface area contributed by atoms with Crippen LogP contribution in [0.4, 0.5) is 0 Å². The summed E-state index contributed by atoms with van der Waals surface area (Å²) in [4.78, 5) is 15.4. The number of pyridine rings is 1. The number of nitrogens with one attached hydrogen (secondary N) is 1. The molecule has 2 aromatic rings. The first-order chi connectivity index (χ1) is 8.20. The van der Waals surface area contributed by atoms with Crippen LogP contribution in [0.2, 0.25) is 0 Å². The molecule has 0 atom stereocenters. The maximum Gasteiger partial charge on any atom is 0.295 e. The fourth-order valence-corrected chi connectivity index (χ4v) is 1.68. The van der Waals surface area contributed by atoms with Gasteiger partial charge in [-0.3, -0.25) is 4.79 Å². The number of terminal acetylenes is 1. The van der Waals surface area contributed by atoms with Crippen molar-refractivity contribution < 1.29 is 4.79 Å². The van der Waals surface area contributed by atoms with Crippen LogP contribution < -0.4 is 5.32 Å². The molecule has 1 amide bonds. The molecule has 86 valence electrons. The molecule has 4 heteroatoms. The Kier molecular flexibility index (Phi) is 3.10. The third-order valence-electron chi connectivity index (χ3n) is 2.53. The highest BCUT2D eigenvalue weighted by Gasteiger charge is 2.03. The molecule has 2 rings (SSSR count). The molecule has 0 bridgehead atoms. The first kappa shape index (κ1) is 11.2. The fourth-order valence-electron chi connectivity index (χ4n) is 1.68. The standard InChI is InChI=1S/C13H13N3O/c1-3-12(17)14-7-6-11-9-16-8-4-5-10(2)13(16)15-11/h1,4-5,8-9H,6-7H2,2H3,(H,14,17). The minimum absolute atomic E-state index is 0.384. The molecule has 0 saturated carbocycles. The predicted molar refractivity (Wildman–Crippen MR) is 65.5 cm³/mol. The number of hydrogen-bond donors (Lipinski definition) is 1. The molecule has 1 N–H and O–H groups in total. The summed E-state index contributed by atoms with van der Waals surface area (Å²) >= 11 is 0. The van der Waals surface area contributed by atoms with E-state index in [1.54, 1.807) is 0 Å². The van der Waals surface area contributed by atoms with Crippen LogP contribution in [0.15, 0.2) is 24.5 Å². The molecule has 0 spiro atoms. The molecule has 17 heavy (non-hydrogen) atoms. The van der Waals surface area contributed by atoms with E-state index in [1.165, 1.54) is 0 Å². The van der Waals surface area contributed by atoms with Crippen LogP contribution in [0.3, 0.4) is 0 Å². The van der Waals surface area contributed by atoms with E-state index in [-0.39, 0.29) is 5.91 Å². The molecule has 0 unspecified atom stereocenters. The van der Waals surface area contributed by atoms with Gasteiger partial charge >= 0.3 is 0 Å². The summed E-state index contributed by atoms with van der Waals surface area (Å²) in [7, 11) is 0. The smallest absolute Gasteiger partial charge is 0.295 e. The third-order valence-corrected chi connectivity index (χ3v) is 2.53. The van der Waals surface area contributed by atoms with Crippen molar-refractivity contribution in [2.24, 2.45) is 0 Å². The van der Waals surface area contributed by atoms with Gasteiger partial charge in [0, 0.05) is 25.4 Å². The lowest BCUT2D eigenvalue weighted by atomic mass is 10.3. The molecule has 2 aromatic heterocycles. The van der Waals surface area contributed by atoms with Crippen molar-refractivity contribution >= 4 is 11.6 Å². The lowest BCUT2D eigenvalue weighted by Crippen LogP contribution is -2.23. The monoisotopic (exact) mass is 227 g/mol. The van der Waals surface area contributed by atoms with Gasteiger partial charge in [0.05, 0.1) is 5.69 Å². The normalized spacial score (nSPS) is 10.1. The molecule has 0 saturated heterocycles. The largest absolute Gasteiger partial charge is 0.345 e.